The summed E-state index contributed by atoms with van der Waals surface area (Å²) in [6.45, 7) is 1.85. The van der Waals surface area contributed by atoms with Gasteiger partial charge in [0.15, 0.2) is 0 Å². The van der Waals surface area contributed by atoms with E-state index >= 15 is 0 Å². The van der Waals surface area contributed by atoms with Crippen LogP contribution in [-0.4, -0.2) is 71.6 Å². The molecule has 0 spiro atoms. The van der Waals surface area contributed by atoms with Crippen molar-refractivity contribution in [1.82, 2.24) is 10.2 Å². The predicted molar refractivity (Wildman–Crippen MR) is 121 cm³/mol. The highest BCUT2D eigenvalue weighted by atomic mass is 16.6. The van der Waals surface area contributed by atoms with Crippen LogP contribution >= 0.6 is 0 Å². The second-order valence-electron chi connectivity index (χ2n) is 7.87. The molecule has 0 aliphatic carbocycles. The van der Waals surface area contributed by atoms with Gasteiger partial charge in [0.1, 0.15) is 7.11 Å². The topological polar surface area (TPSA) is 111 Å². The molecule has 8 nitrogen and oxygen atoms in total. The zero-order valence-electron chi connectivity index (χ0n) is 18.3. The third-order valence-corrected chi connectivity index (χ3v) is 5.50. The summed E-state index contributed by atoms with van der Waals surface area (Å²) in [5.74, 6) is -0.496. The molecule has 2 amide bonds. The van der Waals surface area contributed by atoms with Gasteiger partial charge in [-0.25, -0.2) is 0 Å². The van der Waals surface area contributed by atoms with Crippen molar-refractivity contribution in [2.75, 3.05) is 26.8 Å². The van der Waals surface area contributed by atoms with Gasteiger partial charge in [-0.1, -0.05) is 41.6 Å². The average molecular weight is 440 g/mol. The highest BCUT2D eigenvalue weighted by Crippen LogP contribution is 2.26. The van der Waals surface area contributed by atoms with E-state index in [1.54, 1.807) is 17.0 Å². The van der Waals surface area contributed by atoms with Crippen molar-refractivity contribution >= 4 is 17.5 Å². The molecule has 170 valence electrons. The van der Waals surface area contributed by atoms with E-state index in [4.69, 9.17) is 9.94 Å². The standard InChI is InChI=1S/C24H29N3O5/c1-16-5-3-4-6-22(16)17-7-9-18(10-8-17)24(31)27-14-19(26-32-2)11-20(27)12-23(30)25-13-21(29)15-28/h3-10,20-21,28-29H,11-15H2,1-2H3,(H,25,30)/t20-,21?/m0/s1. The van der Waals surface area contributed by atoms with Crippen LogP contribution in [0.15, 0.2) is 53.7 Å². The summed E-state index contributed by atoms with van der Waals surface area (Å²) in [6, 6.07) is 15.1. The zero-order valence-corrected chi connectivity index (χ0v) is 18.3. The third-order valence-electron chi connectivity index (χ3n) is 5.50. The van der Waals surface area contributed by atoms with Crippen LogP contribution in [0, 0.1) is 6.92 Å². The Kier molecular flexibility index (Phi) is 7.97. The van der Waals surface area contributed by atoms with Gasteiger partial charge in [0, 0.05) is 31.0 Å². The number of benzene rings is 2. The minimum absolute atomic E-state index is 0.0462. The molecule has 3 N–H and O–H groups in total. The van der Waals surface area contributed by atoms with E-state index in [1.807, 2.05) is 43.3 Å². The van der Waals surface area contributed by atoms with Gasteiger partial charge in [-0.05, 0) is 35.7 Å². The maximum Gasteiger partial charge on any atom is 0.254 e. The normalized spacial score (nSPS) is 17.9. The Labute approximate surface area is 187 Å². The Bertz CT molecular complexity index is 974. The van der Waals surface area contributed by atoms with E-state index in [1.165, 1.54) is 7.11 Å². The molecule has 1 unspecified atom stereocenters. The van der Waals surface area contributed by atoms with Gasteiger partial charge in [0.2, 0.25) is 5.91 Å². The zero-order chi connectivity index (χ0) is 23.1. The van der Waals surface area contributed by atoms with Crippen LogP contribution in [0.25, 0.3) is 11.1 Å². The Morgan fingerprint density at radius 3 is 2.59 bits per heavy atom. The molecular formula is C24H29N3O5. The summed E-state index contributed by atoms with van der Waals surface area (Å²) in [4.78, 5) is 32.0. The number of aliphatic hydroxyl groups is 2. The van der Waals surface area contributed by atoms with Gasteiger partial charge in [0.25, 0.3) is 5.91 Å². The van der Waals surface area contributed by atoms with Gasteiger partial charge in [-0.3, -0.25) is 9.59 Å². The summed E-state index contributed by atoms with van der Waals surface area (Å²) >= 11 is 0. The van der Waals surface area contributed by atoms with Crippen molar-refractivity contribution in [3.8, 4) is 11.1 Å². The Hall–Kier alpha value is -3.23. The van der Waals surface area contributed by atoms with Crippen LogP contribution in [0.5, 0.6) is 0 Å². The van der Waals surface area contributed by atoms with E-state index in [0.29, 0.717) is 17.7 Å². The van der Waals surface area contributed by atoms with Gasteiger partial charge < -0.3 is 25.3 Å². The lowest BCUT2D eigenvalue weighted by Crippen LogP contribution is -2.41. The molecule has 2 atom stereocenters. The fraction of sp³-hybridized carbons (Fsp3) is 0.375. The SMILES string of the molecule is CON=C1C[C@@H](CC(=O)NCC(O)CO)N(C(=O)c2ccc(-c3ccccc3C)cc2)C1. The van der Waals surface area contributed by atoms with E-state index < -0.39 is 12.7 Å². The molecule has 2 aromatic carbocycles. The number of amides is 2. The molecule has 8 heteroatoms. The highest BCUT2D eigenvalue weighted by molar-refractivity contribution is 6.01. The fourth-order valence-corrected chi connectivity index (χ4v) is 3.83. The maximum atomic E-state index is 13.2. The van der Waals surface area contributed by atoms with E-state index in [0.717, 1.165) is 16.7 Å². The van der Waals surface area contributed by atoms with Gasteiger partial charge in [-0.2, -0.15) is 0 Å². The molecule has 1 aliphatic heterocycles. The van der Waals surface area contributed by atoms with Crippen molar-refractivity contribution in [2.45, 2.75) is 31.9 Å². The van der Waals surface area contributed by atoms with Crippen LogP contribution in [-0.2, 0) is 9.63 Å². The van der Waals surface area contributed by atoms with Crippen LogP contribution in [0.2, 0.25) is 0 Å². The number of nitrogens with zero attached hydrogens (tertiary/aromatic N) is 2. The van der Waals surface area contributed by atoms with Crippen molar-refractivity contribution < 1.29 is 24.6 Å². The Morgan fingerprint density at radius 1 is 1.22 bits per heavy atom. The fourth-order valence-electron chi connectivity index (χ4n) is 3.83. The molecule has 1 aliphatic rings. The highest BCUT2D eigenvalue weighted by Gasteiger charge is 2.35. The number of aliphatic hydroxyl groups excluding tert-OH is 2. The van der Waals surface area contributed by atoms with Crippen LogP contribution in [0.1, 0.15) is 28.8 Å². The second-order valence-corrected chi connectivity index (χ2v) is 7.87. The summed E-state index contributed by atoms with van der Waals surface area (Å²) in [5.41, 5.74) is 4.51. The molecule has 1 heterocycles. The molecule has 0 bridgehead atoms. The van der Waals surface area contributed by atoms with Gasteiger partial charge in [-0.15, -0.1) is 0 Å². The molecule has 1 saturated heterocycles. The van der Waals surface area contributed by atoms with E-state index in [9.17, 15) is 14.7 Å². The summed E-state index contributed by atoms with van der Waals surface area (Å²) < 4.78 is 0. The van der Waals surface area contributed by atoms with Crippen LogP contribution in [0.4, 0.5) is 0 Å². The molecule has 2 aromatic rings. The maximum absolute atomic E-state index is 13.2. The number of nitrogens with one attached hydrogen (secondary N) is 1. The third kappa shape index (κ3) is 5.72. The number of rotatable bonds is 8. The minimum Gasteiger partial charge on any atom is -0.399 e. The Balaban J connectivity index is 1.74. The summed E-state index contributed by atoms with van der Waals surface area (Å²) in [5, 5.41) is 24.9. The molecule has 0 saturated carbocycles. The monoisotopic (exact) mass is 439 g/mol. The first-order chi connectivity index (χ1) is 15.4. The van der Waals surface area contributed by atoms with Gasteiger partial charge >= 0.3 is 0 Å². The van der Waals surface area contributed by atoms with Crippen molar-refractivity contribution in [2.24, 2.45) is 5.16 Å². The van der Waals surface area contributed by atoms with Crippen molar-refractivity contribution in [1.29, 1.82) is 0 Å². The lowest BCUT2D eigenvalue weighted by molar-refractivity contribution is -0.122. The van der Waals surface area contributed by atoms with Crippen molar-refractivity contribution in [3.05, 3.63) is 59.7 Å². The van der Waals surface area contributed by atoms with Gasteiger partial charge in [0.05, 0.1) is 25.0 Å². The lowest BCUT2D eigenvalue weighted by Gasteiger charge is -2.24. The summed E-state index contributed by atoms with van der Waals surface area (Å²) in [6.07, 6.45) is -0.525. The number of likely N-dealkylation sites (tertiary alicyclic amines) is 1. The lowest BCUT2D eigenvalue weighted by atomic mass is 9.99. The number of hydrogen-bond acceptors (Lipinski definition) is 6. The quantitative estimate of drug-likeness (QED) is 0.543. The minimum atomic E-state index is -1.02. The second kappa shape index (κ2) is 10.9. The average Bonchev–Trinajstić information content (AvgIpc) is 3.19. The molecule has 32 heavy (non-hydrogen) atoms. The molecule has 3 rings (SSSR count). The molecule has 1 fully saturated rings. The predicted octanol–water partition coefficient (Wildman–Crippen LogP) is 1.74. The molecule has 0 radical (unpaired) electrons. The van der Waals surface area contributed by atoms with Crippen LogP contribution < -0.4 is 5.32 Å². The summed E-state index contributed by atoms with van der Waals surface area (Å²) in [7, 11) is 1.44. The number of carbonyl (C=O) groups excluding carboxylic acids is 2. The largest absolute Gasteiger partial charge is 0.399 e. The van der Waals surface area contributed by atoms with Crippen LogP contribution in [0.3, 0.4) is 0 Å². The van der Waals surface area contributed by atoms with E-state index in [-0.39, 0.29) is 37.4 Å². The Morgan fingerprint density at radius 2 is 1.94 bits per heavy atom. The van der Waals surface area contributed by atoms with E-state index in [2.05, 4.69) is 10.5 Å². The number of carbonyl (C=O) groups is 2. The molecule has 0 aromatic heterocycles. The smallest absolute Gasteiger partial charge is 0.254 e. The first-order valence-electron chi connectivity index (χ1n) is 10.5. The number of hydrogen-bond donors (Lipinski definition) is 3. The molecular weight excluding hydrogens is 410 g/mol. The van der Waals surface area contributed by atoms with Crippen molar-refractivity contribution in [3.63, 3.8) is 0 Å². The number of aryl methyl sites for hydroxylation is 1. The number of oxime groups is 1. The first-order valence-corrected chi connectivity index (χ1v) is 10.5. The first kappa shape index (κ1) is 23.4.